The van der Waals surface area contributed by atoms with Crippen molar-refractivity contribution in [2.75, 3.05) is 29.9 Å². The summed E-state index contributed by atoms with van der Waals surface area (Å²) in [7, 11) is 0. The zero-order chi connectivity index (χ0) is 13.0. The molecule has 0 saturated carbocycles. The minimum atomic E-state index is 0.0440. The number of carbonyl (C=O) groups is 1. The number of hydrogen-bond donors (Lipinski definition) is 1. The molecule has 0 aromatic carbocycles. The van der Waals surface area contributed by atoms with Crippen molar-refractivity contribution >= 4 is 23.5 Å². The molecular weight excluding hydrogens is 246 g/mol. The molecule has 1 aromatic heterocycles. The van der Waals surface area contributed by atoms with E-state index in [1.54, 1.807) is 6.07 Å². The van der Waals surface area contributed by atoms with Crippen LogP contribution in [-0.2, 0) is 0 Å². The average molecular weight is 265 g/mol. The Morgan fingerprint density at radius 3 is 3.17 bits per heavy atom. The fourth-order valence-electron chi connectivity index (χ4n) is 2.01. The molecule has 98 valence electrons. The number of hydrogen-bond acceptors (Lipinski definition) is 4. The Hall–Kier alpha value is -1.23. The van der Waals surface area contributed by atoms with E-state index in [4.69, 9.17) is 0 Å². The lowest BCUT2D eigenvalue weighted by Gasteiger charge is -2.32. The first-order valence-electron chi connectivity index (χ1n) is 6.32. The van der Waals surface area contributed by atoms with E-state index in [1.807, 2.05) is 35.7 Å². The predicted molar refractivity (Wildman–Crippen MR) is 76.2 cm³/mol. The summed E-state index contributed by atoms with van der Waals surface area (Å²) in [6, 6.07) is 5.84. The number of pyridine rings is 1. The summed E-state index contributed by atoms with van der Waals surface area (Å²) < 4.78 is 0. The molecule has 1 amide bonds. The molecule has 5 heteroatoms. The van der Waals surface area contributed by atoms with Crippen molar-refractivity contribution in [2.24, 2.45) is 0 Å². The number of rotatable bonds is 3. The highest BCUT2D eigenvalue weighted by molar-refractivity contribution is 7.99. The highest BCUT2D eigenvalue weighted by atomic mass is 32.2. The number of carbonyl (C=O) groups excluding carboxylic acids is 1. The van der Waals surface area contributed by atoms with E-state index in [-0.39, 0.29) is 5.91 Å². The second-order valence-corrected chi connectivity index (χ2v) is 5.51. The lowest BCUT2D eigenvalue weighted by Crippen LogP contribution is -2.44. The van der Waals surface area contributed by atoms with Crippen molar-refractivity contribution in [2.45, 2.75) is 19.9 Å². The van der Waals surface area contributed by atoms with Crippen LogP contribution in [0.2, 0.25) is 0 Å². The zero-order valence-electron chi connectivity index (χ0n) is 10.8. The largest absolute Gasteiger partial charge is 0.370 e. The molecule has 0 radical (unpaired) electrons. The van der Waals surface area contributed by atoms with Crippen molar-refractivity contribution in [1.82, 2.24) is 9.88 Å². The second kappa shape index (κ2) is 6.09. The third-order valence-corrected chi connectivity index (χ3v) is 4.14. The normalized spacial score (nSPS) is 19.7. The minimum Gasteiger partial charge on any atom is -0.370 e. The maximum Gasteiger partial charge on any atom is 0.272 e. The van der Waals surface area contributed by atoms with E-state index in [2.05, 4.69) is 17.2 Å². The maximum absolute atomic E-state index is 12.4. The van der Waals surface area contributed by atoms with Gasteiger partial charge in [-0.15, -0.1) is 0 Å². The molecule has 4 nitrogen and oxygen atoms in total. The standard InChI is InChI=1S/C13H19N3OS/c1-3-14-12-6-4-5-11(15-12)13(17)16-7-8-18-9-10(16)2/h4-6,10H,3,7-9H2,1-2H3,(H,14,15). The summed E-state index contributed by atoms with van der Waals surface area (Å²) in [6.45, 7) is 5.73. The van der Waals surface area contributed by atoms with Gasteiger partial charge in [0.05, 0.1) is 0 Å². The lowest BCUT2D eigenvalue weighted by atomic mass is 10.2. The first-order valence-corrected chi connectivity index (χ1v) is 7.47. The topological polar surface area (TPSA) is 45.2 Å². The average Bonchev–Trinajstić information content (AvgIpc) is 2.39. The molecule has 1 N–H and O–H groups in total. The SMILES string of the molecule is CCNc1cccc(C(=O)N2CCSCC2C)n1. The van der Waals surface area contributed by atoms with Crippen molar-refractivity contribution in [1.29, 1.82) is 0 Å². The summed E-state index contributed by atoms with van der Waals surface area (Å²) in [5, 5.41) is 3.13. The predicted octanol–water partition coefficient (Wildman–Crippen LogP) is 2.09. The van der Waals surface area contributed by atoms with Crippen LogP contribution in [0.5, 0.6) is 0 Å². The van der Waals surface area contributed by atoms with Gasteiger partial charge < -0.3 is 10.2 Å². The third kappa shape index (κ3) is 2.96. The summed E-state index contributed by atoms with van der Waals surface area (Å²) >= 11 is 1.90. The van der Waals surface area contributed by atoms with E-state index < -0.39 is 0 Å². The third-order valence-electron chi connectivity index (χ3n) is 2.95. The first-order chi connectivity index (χ1) is 8.72. The first kappa shape index (κ1) is 13.2. The highest BCUT2D eigenvalue weighted by Gasteiger charge is 2.25. The molecule has 1 aliphatic rings. The van der Waals surface area contributed by atoms with Gasteiger partial charge in [0.2, 0.25) is 0 Å². The minimum absolute atomic E-state index is 0.0440. The van der Waals surface area contributed by atoms with Gasteiger partial charge >= 0.3 is 0 Å². The van der Waals surface area contributed by atoms with E-state index >= 15 is 0 Å². The van der Waals surface area contributed by atoms with Gasteiger partial charge in [-0.05, 0) is 26.0 Å². The molecule has 0 bridgehead atoms. The van der Waals surface area contributed by atoms with E-state index in [0.717, 1.165) is 30.4 Å². The monoisotopic (exact) mass is 265 g/mol. The van der Waals surface area contributed by atoms with E-state index in [9.17, 15) is 4.79 Å². The molecule has 2 heterocycles. The lowest BCUT2D eigenvalue weighted by molar-refractivity contribution is 0.0710. The van der Waals surface area contributed by atoms with Crippen LogP contribution in [0.3, 0.4) is 0 Å². The molecule has 1 saturated heterocycles. The number of nitrogens with one attached hydrogen (secondary N) is 1. The number of aromatic nitrogens is 1. The van der Waals surface area contributed by atoms with Crippen LogP contribution in [0, 0.1) is 0 Å². The van der Waals surface area contributed by atoms with Gasteiger partial charge in [-0.1, -0.05) is 6.07 Å². The Labute approximate surface area is 112 Å². The van der Waals surface area contributed by atoms with Crippen LogP contribution in [0.1, 0.15) is 24.3 Å². The van der Waals surface area contributed by atoms with Crippen LogP contribution in [-0.4, -0.2) is 46.4 Å². The molecular formula is C13H19N3OS. The molecule has 0 spiro atoms. The van der Waals surface area contributed by atoms with Crippen molar-refractivity contribution in [3.05, 3.63) is 23.9 Å². The molecule has 18 heavy (non-hydrogen) atoms. The molecule has 1 atom stereocenters. The molecule has 1 aromatic rings. The highest BCUT2D eigenvalue weighted by Crippen LogP contribution is 2.18. The maximum atomic E-state index is 12.4. The van der Waals surface area contributed by atoms with E-state index in [0.29, 0.717) is 11.7 Å². The fourth-order valence-corrected chi connectivity index (χ4v) is 3.02. The van der Waals surface area contributed by atoms with Crippen LogP contribution in [0.25, 0.3) is 0 Å². The van der Waals surface area contributed by atoms with Crippen LogP contribution >= 0.6 is 11.8 Å². The van der Waals surface area contributed by atoms with Crippen LogP contribution in [0.4, 0.5) is 5.82 Å². The van der Waals surface area contributed by atoms with Crippen LogP contribution in [0.15, 0.2) is 18.2 Å². The number of amides is 1. The van der Waals surface area contributed by atoms with Crippen molar-refractivity contribution < 1.29 is 4.79 Å². The Morgan fingerprint density at radius 2 is 2.44 bits per heavy atom. The molecule has 1 aliphatic heterocycles. The Bertz CT molecular complexity index is 424. The van der Waals surface area contributed by atoms with Gasteiger partial charge in [-0.25, -0.2) is 4.98 Å². The van der Waals surface area contributed by atoms with E-state index in [1.165, 1.54) is 0 Å². The zero-order valence-corrected chi connectivity index (χ0v) is 11.7. The second-order valence-electron chi connectivity index (χ2n) is 4.36. The Kier molecular flexibility index (Phi) is 4.47. The number of thioether (sulfide) groups is 1. The summed E-state index contributed by atoms with van der Waals surface area (Å²) in [4.78, 5) is 18.7. The molecule has 0 aliphatic carbocycles. The summed E-state index contributed by atoms with van der Waals surface area (Å²) in [5.41, 5.74) is 0.534. The van der Waals surface area contributed by atoms with Gasteiger partial charge in [-0.2, -0.15) is 11.8 Å². The van der Waals surface area contributed by atoms with Crippen molar-refractivity contribution in [3.63, 3.8) is 0 Å². The van der Waals surface area contributed by atoms with Gasteiger partial charge in [0.25, 0.3) is 5.91 Å². The molecule has 1 unspecified atom stereocenters. The van der Waals surface area contributed by atoms with Gasteiger partial charge in [-0.3, -0.25) is 4.79 Å². The van der Waals surface area contributed by atoms with Gasteiger partial charge in [0.15, 0.2) is 0 Å². The quantitative estimate of drug-likeness (QED) is 0.909. The smallest absolute Gasteiger partial charge is 0.272 e. The van der Waals surface area contributed by atoms with Gasteiger partial charge in [0.1, 0.15) is 11.5 Å². The number of nitrogens with zero attached hydrogens (tertiary/aromatic N) is 2. The van der Waals surface area contributed by atoms with Crippen LogP contribution < -0.4 is 5.32 Å². The summed E-state index contributed by atoms with van der Waals surface area (Å²) in [6.07, 6.45) is 0. The Balaban J connectivity index is 2.14. The van der Waals surface area contributed by atoms with Crippen molar-refractivity contribution in [3.8, 4) is 0 Å². The summed E-state index contributed by atoms with van der Waals surface area (Å²) in [5.74, 6) is 2.84. The molecule has 2 rings (SSSR count). The number of anilines is 1. The Morgan fingerprint density at radius 1 is 1.61 bits per heavy atom. The van der Waals surface area contributed by atoms with Gasteiger partial charge in [0, 0.05) is 30.6 Å². The molecule has 1 fully saturated rings. The fraction of sp³-hybridized carbons (Fsp3) is 0.538.